The summed E-state index contributed by atoms with van der Waals surface area (Å²) in [5.41, 5.74) is 0.0739. The summed E-state index contributed by atoms with van der Waals surface area (Å²) in [4.78, 5) is 16.5. The Morgan fingerprint density at radius 3 is 2.88 bits per heavy atom. The number of anilines is 1. The van der Waals surface area contributed by atoms with Crippen LogP contribution in [-0.2, 0) is 4.74 Å². The van der Waals surface area contributed by atoms with Gasteiger partial charge in [0.05, 0.1) is 18.8 Å². The molecule has 0 bridgehead atoms. The highest BCUT2D eigenvalue weighted by molar-refractivity contribution is 5.89. The molecule has 1 N–H and O–H groups in total. The Morgan fingerprint density at radius 1 is 1.69 bits per heavy atom. The summed E-state index contributed by atoms with van der Waals surface area (Å²) in [5, 5.41) is 9.09. The minimum atomic E-state index is -0.624. The third kappa shape index (κ3) is 1.83. The number of rotatable bonds is 2. The molecule has 0 aliphatic carbocycles. The predicted octanol–water partition coefficient (Wildman–Crippen LogP) is 0.188. The first-order valence-corrected chi connectivity index (χ1v) is 4.78. The predicted molar refractivity (Wildman–Crippen MR) is 53.8 cm³/mol. The molecule has 5 nitrogen and oxygen atoms in total. The summed E-state index contributed by atoms with van der Waals surface area (Å²) < 4.78 is 18.0. The summed E-state index contributed by atoms with van der Waals surface area (Å²) in [6.07, 6.45) is 0.830. The molecule has 0 atom stereocenters. The molecule has 1 aliphatic rings. The van der Waals surface area contributed by atoms with Crippen LogP contribution >= 0.6 is 0 Å². The first-order valence-electron chi connectivity index (χ1n) is 4.78. The topological polar surface area (TPSA) is 62.7 Å². The number of halogens is 1. The maximum atomic E-state index is 13.6. The molecule has 0 unspecified atom stereocenters. The van der Waals surface area contributed by atoms with E-state index in [1.54, 1.807) is 4.90 Å². The molecular formula is C10H11FN2O3. The lowest BCUT2D eigenvalue weighted by Gasteiger charge is -2.36. The second kappa shape index (κ2) is 4.05. The summed E-state index contributed by atoms with van der Waals surface area (Å²) in [7, 11) is 1.22. The van der Waals surface area contributed by atoms with Crippen LogP contribution in [-0.4, -0.2) is 42.4 Å². The van der Waals surface area contributed by atoms with Gasteiger partial charge in [0, 0.05) is 19.3 Å². The van der Waals surface area contributed by atoms with Crippen LogP contribution in [0.15, 0.2) is 12.3 Å². The maximum Gasteiger partial charge on any atom is 0.339 e. The van der Waals surface area contributed by atoms with Crippen molar-refractivity contribution in [1.82, 2.24) is 4.98 Å². The standard InChI is InChI=1S/C10H11FN2O3/c1-16-10(15)6-2-8(11)9(12-3-6)13-4-7(14)5-13/h2-3,7,14H,4-5H2,1H3. The third-order valence-corrected chi connectivity index (χ3v) is 2.40. The van der Waals surface area contributed by atoms with E-state index in [1.165, 1.54) is 13.3 Å². The zero-order valence-electron chi connectivity index (χ0n) is 8.68. The van der Waals surface area contributed by atoms with Crippen LogP contribution in [0.1, 0.15) is 10.4 Å². The monoisotopic (exact) mass is 226 g/mol. The summed E-state index contributed by atoms with van der Waals surface area (Å²) in [6.45, 7) is 0.725. The number of pyridine rings is 1. The van der Waals surface area contributed by atoms with Gasteiger partial charge in [0.25, 0.3) is 0 Å². The van der Waals surface area contributed by atoms with Gasteiger partial charge in [-0.05, 0) is 6.07 Å². The van der Waals surface area contributed by atoms with Crippen LogP contribution in [0.4, 0.5) is 10.2 Å². The molecule has 1 aromatic rings. The SMILES string of the molecule is COC(=O)c1cnc(N2CC(O)C2)c(F)c1. The van der Waals surface area contributed by atoms with E-state index >= 15 is 0 Å². The Balaban J connectivity index is 2.20. The number of ether oxygens (including phenoxy) is 1. The van der Waals surface area contributed by atoms with Gasteiger partial charge in [-0.25, -0.2) is 14.2 Å². The number of hydrogen-bond donors (Lipinski definition) is 1. The van der Waals surface area contributed by atoms with Crippen LogP contribution in [0.5, 0.6) is 0 Å². The Bertz CT molecular complexity index is 419. The van der Waals surface area contributed by atoms with Crippen LogP contribution < -0.4 is 4.90 Å². The average Bonchev–Trinajstić information content (AvgIpc) is 2.24. The summed E-state index contributed by atoms with van der Waals surface area (Å²) >= 11 is 0. The number of aliphatic hydroxyl groups is 1. The zero-order valence-corrected chi connectivity index (χ0v) is 8.68. The van der Waals surface area contributed by atoms with Crippen molar-refractivity contribution in [3.05, 3.63) is 23.6 Å². The molecule has 1 fully saturated rings. The van der Waals surface area contributed by atoms with Gasteiger partial charge in [-0.15, -0.1) is 0 Å². The molecular weight excluding hydrogens is 215 g/mol. The van der Waals surface area contributed by atoms with E-state index in [4.69, 9.17) is 5.11 Å². The smallest absolute Gasteiger partial charge is 0.339 e. The van der Waals surface area contributed by atoms with E-state index in [-0.39, 0.29) is 11.4 Å². The highest BCUT2D eigenvalue weighted by atomic mass is 19.1. The second-order valence-electron chi connectivity index (χ2n) is 3.58. The van der Waals surface area contributed by atoms with Crippen molar-refractivity contribution in [3.8, 4) is 0 Å². The number of carbonyl (C=O) groups is 1. The molecule has 1 aromatic heterocycles. The first kappa shape index (κ1) is 10.8. The van der Waals surface area contributed by atoms with Crippen molar-refractivity contribution < 1.29 is 19.0 Å². The molecule has 0 amide bonds. The minimum absolute atomic E-state index is 0.0739. The molecule has 1 saturated heterocycles. The van der Waals surface area contributed by atoms with Gasteiger partial charge in [0.1, 0.15) is 0 Å². The molecule has 0 spiro atoms. The number of aliphatic hydroxyl groups excluding tert-OH is 1. The average molecular weight is 226 g/mol. The van der Waals surface area contributed by atoms with E-state index in [9.17, 15) is 9.18 Å². The molecule has 0 aromatic carbocycles. The minimum Gasteiger partial charge on any atom is -0.465 e. The lowest BCUT2D eigenvalue weighted by Crippen LogP contribution is -2.51. The molecule has 2 heterocycles. The number of nitrogens with zero attached hydrogens (tertiary/aromatic N) is 2. The number of methoxy groups -OCH3 is 1. The molecule has 0 saturated carbocycles. The van der Waals surface area contributed by atoms with E-state index < -0.39 is 17.9 Å². The summed E-state index contributed by atoms with van der Waals surface area (Å²) in [5.74, 6) is -1.06. The zero-order chi connectivity index (χ0) is 11.7. The molecule has 2 rings (SSSR count). The van der Waals surface area contributed by atoms with Crippen LogP contribution in [0.25, 0.3) is 0 Å². The molecule has 6 heteroatoms. The van der Waals surface area contributed by atoms with Gasteiger partial charge in [0.2, 0.25) is 0 Å². The number of hydrogen-bond acceptors (Lipinski definition) is 5. The van der Waals surface area contributed by atoms with Crippen LogP contribution in [0, 0.1) is 5.82 Å². The molecule has 1 aliphatic heterocycles. The molecule has 0 radical (unpaired) electrons. The third-order valence-electron chi connectivity index (χ3n) is 2.40. The lowest BCUT2D eigenvalue weighted by atomic mass is 10.1. The number of carbonyl (C=O) groups excluding carboxylic acids is 1. The number of β-amino-alcohol motifs (C(OH)–C–C–N with tert-alkyl or cyclic N) is 1. The van der Waals surface area contributed by atoms with Crippen LogP contribution in [0.2, 0.25) is 0 Å². The van der Waals surface area contributed by atoms with Crippen molar-refractivity contribution in [2.24, 2.45) is 0 Å². The number of aromatic nitrogens is 1. The fourth-order valence-electron chi connectivity index (χ4n) is 1.52. The van der Waals surface area contributed by atoms with Gasteiger partial charge in [-0.2, -0.15) is 0 Å². The van der Waals surface area contributed by atoms with E-state index in [0.29, 0.717) is 13.1 Å². The maximum absolute atomic E-state index is 13.6. The van der Waals surface area contributed by atoms with Gasteiger partial charge in [0.15, 0.2) is 11.6 Å². The van der Waals surface area contributed by atoms with Gasteiger partial charge >= 0.3 is 5.97 Å². The molecule has 86 valence electrons. The number of esters is 1. The van der Waals surface area contributed by atoms with Crippen LogP contribution in [0.3, 0.4) is 0 Å². The fourth-order valence-corrected chi connectivity index (χ4v) is 1.52. The van der Waals surface area contributed by atoms with Crippen molar-refractivity contribution in [3.63, 3.8) is 0 Å². The van der Waals surface area contributed by atoms with E-state index in [0.717, 1.165) is 6.07 Å². The Hall–Kier alpha value is -1.69. The first-order chi connectivity index (χ1) is 7.61. The van der Waals surface area contributed by atoms with Gasteiger partial charge in [-0.3, -0.25) is 0 Å². The summed E-state index contributed by atoms with van der Waals surface area (Å²) in [6, 6.07) is 1.08. The Morgan fingerprint density at radius 2 is 2.38 bits per heavy atom. The largest absolute Gasteiger partial charge is 0.465 e. The van der Waals surface area contributed by atoms with Crippen molar-refractivity contribution in [2.45, 2.75) is 6.10 Å². The normalized spacial score (nSPS) is 15.8. The van der Waals surface area contributed by atoms with Crippen molar-refractivity contribution in [2.75, 3.05) is 25.1 Å². The molecule has 16 heavy (non-hydrogen) atoms. The quantitative estimate of drug-likeness (QED) is 0.729. The van der Waals surface area contributed by atoms with Gasteiger partial charge in [-0.1, -0.05) is 0 Å². The Kier molecular flexibility index (Phi) is 2.74. The highest BCUT2D eigenvalue weighted by Crippen LogP contribution is 2.22. The van der Waals surface area contributed by atoms with E-state index in [2.05, 4.69) is 9.72 Å². The van der Waals surface area contributed by atoms with E-state index in [1.807, 2.05) is 0 Å². The van der Waals surface area contributed by atoms with Crippen molar-refractivity contribution in [1.29, 1.82) is 0 Å². The second-order valence-corrected chi connectivity index (χ2v) is 3.58. The van der Waals surface area contributed by atoms with Gasteiger partial charge < -0.3 is 14.7 Å². The van der Waals surface area contributed by atoms with Crippen molar-refractivity contribution >= 4 is 11.8 Å². The fraction of sp³-hybridized carbons (Fsp3) is 0.400. The Labute approximate surface area is 91.5 Å². The lowest BCUT2D eigenvalue weighted by molar-refractivity contribution is 0.0599. The highest BCUT2D eigenvalue weighted by Gasteiger charge is 2.28.